The Labute approximate surface area is 172 Å². The molecule has 2 atom stereocenters. The van der Waals surface area contributed by atoms with Gasteiger partial charge in [0.2, 0.25) is 0 Å². The number of hydrogen-bond donors (Lipinski definition) is 1. The van der Waals surface area contributed by atoms with Crippen LogP contribution in [-0.2, 0) is 29.5 Å². The van der Waals surface area contributed by atoms with Crippen LogP contribution in [0.3, 0.4) is 0 Å². The van der Waals surface area contributed by atoms with Crippen molar-refractivity contribution in [3.05, 3.63) is 42.1 Å². The van der Waals surface area contributed by atoms with E-state index in [0.29, 0.717) is 12.1 Å². The first-order chi connectivity index (χ1) is 14.2. The van der Waals surface area contributed by atoms with Crippen molar-refractivity contribution < 1.29 is 32.2 Å². The molecule has 2 aliphatic rings. The molecule has 0 amide bonds. The number of carboxylic acid groups (broad SMARTS) is 1. The van der Waals surface area contributed by atoms with Gasteiger partial charge >= 0.3 is 12.1 Å². The molecule has 0 spiro atoms. The summed E-state index contributed by atoms with van der Waals surface area (Å²) in [6.45, 7) is 2.87. The maximum atomic E-state index is 10.6. The fraction of sp³-hybridized carbons (Fsp3) is 0.600. The summed E-state index contributed by atoms with van der Waals surface area (Å²) in [7, 11) is 1.97. The van der Waals surface area contributed by atoms with Gasteiger partial charge in [0.05, 0.1) is 25.1 Å². The summed E-state index contributed by atoms with van der Waals surface area (Å²) < 4.78 is 45.4. The standard InChI is InChI=1S/C18H25N3O2.C2HF3O2/c1-20-11-15(10-19-20)9-17-18(23-13-14-4-5-14)6-7-21(17)12-16-3-2-8-22-16;3-2(4,5)1(6)7/h2-3,8,10-11,14,17-18H,4-7,9,12-13H2,1H3;(H,6,7)/t17-,18+;/m0./s1. The van der Waals surface area contributed by atoms with Crippen LogP contribution < -0.4 is 0 Å². The zero-order chi connectivity index (χ0) is 21.7. The Hall–Kier alpha value is -2.33. The van der Waals surface area contributed by atoms with E-state index in [2.05, 4.69) is 22.3 Å². The van der Waals surface area contributed by atoms with Crippen molar-refractivity contribution in [2.45, 2.75) is 50.6 Å². The van der Waals surface area contributed by atoms with Crippen LogP contribution in [0.15, 0.2) is 35.2 Å². The summed E-state index contributed by atoms with van der Waals surface area (Å²) in [6, 6.07) is 4.42. The first kappa shape index (κ1) is 22.4. The number of rotatable bonds is 7. The first-order valence-corrected chi connectivity index (χ1v) is 9.88. The van der Waals surface area contributed by atoms with Gasteiger partial charge in [-0.1, -0.05) is 0 Å². The topological polar surface area (TPSA) is 80.7 Å². The fourth-order valence-corrected chi connectivity index (χ4v) is 3.50. The quantitative estimate of drug-likeness (QED) is 0.728. The van der Waals surface area contributed by atoms with Crippen molar-refractivity contribution in [2.24, 2.45) is 13.0 Å². The largest absolute Gasteiger partial charge is 0.490 e. The van der Waals surface area contributed by atoms with Crippen molar-refractivity contribution >= 4 is 5.97 Å². The highest BCUT2D eigenvalue weighted by Crippen LogP contribution is 2.32. The van der Waals surface area contributed by atoms with Crippen LogP contribution in [0.5, 0.6) is 0 Å². The lowest BCUT2D eigenvalue weighted by Gasteiger charge is -2.27. The molecule has 10 heteroatoms. The number of halogens is 3. The molecule has 30 heavy (non-hydrogen) atoms. The van der Waals surface area contributed by atoms with Gasteiger partial charge in [-0.15, -0.1) is 0 Å². The molecule has 166 valence electrons. The zero-order valence-corrected chi connectivity index (χ0v) is 16.7. The molecule has 1 saturated carbocycles. The van der Waals surface area contributed by atoms with E-state index in [1.165, 1.54) is 18.4 Å². The number of nitrogens with zero attached hydrogens (tertiary/aromatic N) is 3. The van der Waals surface area contributed by atoms with Crippen LogP contribution in [0.25, 0.3) is 0 Å². The molecular formula is C20H26F3N3O4. The van der Waals surface area contributed by atoms with Gasteiger partial charge in [0.15, 0.2) is 0 Å². The Morgan fingerprint density at radius 2 is 2.10 bits per heavy atom. The zero-order valence-electron chi connectivity index (χ0n) is 16.7. The van der Waals surface area contributed by atoms with E-state index in [9.17, 15) is 13.2 Å². The van der Waals surface area contributed by atoms with Gasteiger partial charge in [-0.3, -0.25) is 9.58 Å². The lowest BCUT2D eigenvalue weighted by molar-refractivity contribution is -0.192. The Morgan fingerprint density at radius 3 is 2.63 bits per heavy atom. The van der Waals surface area contributed by atoms with Gasteiger partial charge in [0.1, 0.15) is 5.76 Å². The minimum absolute atomic E-state index is 0.325. The van der Waals surface area contributed by atoms with Crippen LogP contribution in [0.2, 0.25) is 0 Å². The Morgan fingerprint density at radius 1 is 1.37 bits per heavy atom. The highest BCUT2D eigenvalue weighted by molar-refractivity contribution is 5.73. The number of furan rings is 1. The predicted octanol–water partition coefficient (Wildman–Crippen LogP) is 3.26. The number of aryl methyl sites for hydroxylation is 1. The minimum Gasteiger partial charge on any atom is -0.475 e. The second-order valence-corrected chi connectivity index (χ2v) is 7.75. The lowest BCUT2D eigenvalue weighted by atomic mass is 10.0. The molecule has 1 aliphatic carbocycles. The summed E-state index contributed by atoms with van der Waals surface area (Å²) in [4.78, 5) is 11.4. The molecule has 1 saturated heterocycles. The number of aliphatic carboxylic acids is 1. The third kappa shape index (κ3) is 6.60. The average Bonchev–Trinajstić information content (AvgIpc) is 3.02. The number of hydrogen-bond acceptors (Lipinski definition) is 5. The SMILES string of the molecule is Cn1cc(C[C@H]2[C@H](OCC3CC3)CCN2Cc2ccco2)cn1.O=C(O)C(F)(F)F. The second-order valence-electron chi connectivity index (χ2n) is 7.75. The molecule has 0 unspecified atom stereocenters. The highest BCUT2D eigenvalue weighted by atomic mass is 19.4. The fourth-order valence-electron chi connectivity index (χ4n) is 3.50. The van der Waals surface area contributed by atoms with Crippen molar-refractivity contribution in [1.82, 2.24) is 14.7 Å². The summed E-state index contributed by atoms with van der Waals surface area (Å²) in [5, 5.41) is 11.4. The van der Waals surface area contributed by atoms with Crippen LogP contribution in [0.1, 0.15) is 30.6 Å². The highest BCUT2D eigenvalue weighted by Gasteiger charge is 2.38. The number of likely N-dealkylation sites (tertiary alicyclic amines) is 1. The van der Waals surface area contributed by atoms with E-state index in [-0.39, 0.29) is 0 Å². The normalized spacial score (nSPS) is 22.0. The molecule has 1 aliphatic heterocycles. The summed E-state index contributed by atoms with van der Waals surface area (Å²) in [6.07, 6.45) is 5.87. The minimum atomic E-state index is -5.08. The Bertz CT molecular complexity index is 803. The molecule has 3 heterocycles. The van der Waals surface area contributed by atoms with E-state index in [1.54, 1.807) is 6.26 Å². The molecule has 2 aromatic rings. The van der Waals surface area contributed by atoms with Crippen molar-refractivity contribution in [3.63, 3.8) is 0 Å². The molecule has 0 radical (unpaired) electrons. The smallest absolute Gasteiger partial charge is 0.475 e. The van der Waals surface area contributed by atoms with Crippen LogP contribution in [0, 0.1) is 5.92 Å². The summed E-state index contributed by atoms with van der Waals surface area (Å²) in [5.74, 6) is -0.912. The van der Waals surface area contributed by atoms with E-state index >= 15 is 0 Å². The summed E-state index contributed by atoms with van der Waals surface area (Å²) >= 11 is 0. The van der Waals surface area contributed by atoms with Gasteiger partial charge in [0, 0.05) is 32.4 Å². The number of carbonyl (C=O) groups is 1. The van der Waals surface area contributed by atoms with E-state index in [0.717, 1.165) is 44.2 Å². The predicted molar refractivity (Wildman–Crippen MR) is 101 cm³/mol. The molecule has 0 bridgehead atoms. The van der Waals surface area contributed by atoms with Gasteiger partial charge < -0.3 is 14.3 Å². The molecule has 2 fully saturated rings. The van der Waals surface area contributed by atoms with Crippen LogP contribution in [0.4, 0.5) is 13.2 Å². The maximum Gasteiger partial charge on any atom is 0.490 e. The number of ether oxygens (including phenoxy) is 1. The molecular weight excluding hydrogens is 403 g/mol. The van der Waals surface area contributed by atoms with E-state index in [4.69, 9.17) is 19.1 Å². The third-order valence-electron chi connectivity index (χ3n) is 5.23. The number of aromatic nitrogens is 2. The average molecular weight is 429 g/mol. The van der Waals surface area contributed by atoms with Crippen molar-refractivity contribution in [2.75, 3.05) is 13.2 Å². The van der Waals surface area contributed by atoms with Gasteiger partial charge in [0.25, 0.3) is 0 Å². The molecule has 2 aromatic heterocycles. The monoisotopic (exact) mass is 429 g/mol. The molecule has 0 aromatic carbocycles. The molecule has 4 rings (SSSR count). The Balaban J connectivity index is 0.000000318. The maximum absolute atomic E-state index is 10.6. The second kappa shape index (κ2) is 9.65. The van der Waals surface area contributed by atoms with Gasteiger partial charge in [-0.25, -0.2) is 4.79 Å². The van der Waals surface area contributed by atoms with Crippen molar-refractivity contribution in [1.29, 1.82) is 0 Å². The molecule has 7 nitrogen and oxygen atoms in total. The first-order valence-electron chi connectivity index (χ1n) is 9.88. The number of alkyl halides is 3. The van der Waals surface area contributed by atoms with Gasteiger partial charge in [-0.2, -0.15) is 18.3 Å². The van der Waals surface area contributed by atoms with E-state index in [1.807, 2.05) is 24.0 Å². The van der Waals surface area contributed by atoms with E-state index < -0.39 is 12.1 Å². The summed E-state index contributed by atoms with van der Waals surface area (Å²) in [5.41, 5.74) is 1.28. The van der Waals surface area contributed by atoms with Gasteiger partial charge in [-0.05, 0) is 49.3 Å². The van der Waals surface area contributed by atoms with Crippen LogP contribution in [-0.4, -0.2) is 57.2 Å². The lowest BCUT2D eigenvalue weighted by Crippen LogP contribution is -2.38. The Kier molecular flexibility index (Phi) is 7.19. The molecule has 1 N–H and O–H groups in total. The third-order valence-corrected chi connectivity index (χ3v) is 5.23. The van der Waals surface area contributed by atoms with Crippen molar-refractivity contribution in [3.8, 4) is 0 Å². The number of carboxylic acids is 1. The van der Waals surface area contributed by atoms with Crippen LogP contribution >= 0.6 is 0 Å².